The van der Waals surface area contributed by atoms with Gasteiger partial charge in [0.05, 0.1) is 6.61 Å². The largest absolute Gasteiger partial charge is 0.450 e. The highest BCUT2D eigenvalue weighted by Gasteiger charge is 2.18. The van der Waals surface area contributed by atoms with Crippen LogP contribution < -0.4 is 0 Å². The van der Waals surface area contributed by atoms with E-state index in [1.165, 1.54) is 4.90 Å². The molecule has 0 saturated carbocycles. The Morgan fingerprint density at radius 1 is 1.10 bits per heavy atom. The van der Waals surface area contributed by atoms with Crippen molar-refractivity contribution < 1.29 is 14.3 Å². The van der Waals surface area contributed by atoms with Gasteiger partial charge < -0.3 is 14.5 Å². The molecule has 1 rings (SSSR count). The molecule has 0 bridgehead atoms. The summed E-state index contributed by atoms with van der Waals surface area (Å²) in [5.74, 6) is -0.00661. The maximum absolute atomic E-state index is 12.5. The number of rotatable bonds is 6. The van der Waals surface area contributed by atoms with Crippen molar-refractivity contribution in [2.24, 2.45) is 0 Å². The Morgan fingerprint density at radius 3 is 2.29 bits per heavy atom. The zero-order chi connectivity index (χ0) is 15.8. The number of hydrogen-bond donors (Lipinski definition) is 0. The minimum Gasteiger partial charge on any atom is -0.450 e. The number of amides is 2. The molecular weight excluding hydrogens is 268 g/mol. The zero-order valence-corrected chi connectivity index (χ0v) is 13.3. The first-order valence-electron chi connectivity index (χ1n) is 7.30. The first kappa shape index (κ1) is 17.0. The van der Waals surface area contributed by atoms with E-state index in [0.29, 0.717) is 31.8 Å². The van der Waals surface area contributed by atoms with E-state index in [-0.39, 0.29) is 12.0 Å². The Kier molecular flexibility index (Phi) is 6.72. The molecule has 2 amide bonds. The van der Waals surface area contributed by atoms with E-state index < -0.39 is 0 Å². The molecule has 0 radical (unpaired) electrons. The SMILES string of the molecule is CCOC(=O)N(C)Cc1ccccc1C(=O)N(CC)CC. The summed E-state index contributed by atoms with van der Waals surface area (Å²) in [6.45, 7) is 7.69. The van der Waals surface area contributed by atoms with Gasteiger partial charge in [0.1, 0.15) is 0 Å². The molecular formula is C16H24N2O3. The second-order valence-electron chi connectivity index (χ2n) is 4.69. The van der Waals surface area contributed by atoms with Crippen LogP contribution in [-0.4, -0.2) is 48.5 Å². The fourth-order valence-electron chi connectivity index (χ4n) is 2.10. The van der Waals surface area contributed by atoms with Crippen molar-refractivity contribution in [1.29, 1.82) is 0 Å². The van der Waals surface area contributed by atoms with Crippen molar-refractivity contribution >= 4 is 12.0 Å². The summed E-state index contributed by atoms with van der Waals surface area (Å²) >= 11 is 0. The van der Waals surface area contributed by atoms with Crippen molar-refractivity contribution in [3.8, 4) is 0 Å². The molecule has 0 aliphatic carbocycles. The third-order valence-electron chi connectivity index (χ3n) is 3.29. The molecule has 0 saturated heterocycles. The smallest absolute Gasteiger partial charge is 0.409 e. The van der Waals surface area contributed by atoms with Crippen LogP contribution >= 0.6 is 0 Å². The topological polar surface area (TPSA) is 49.9 Å². The van der Waals surface area contributed by atoms with Gasteiger partial charge in [-0.3, -0.25) is 4.79 Å². The molecule has 0 aliphatic rings. The van der Waals surface area contributed by atoms with Crippen LogP contribution in [0.2, 0.25) is 0 Å². The van der Waals surface area contributed by atoms with E-state index in [4.69, 9.17) is 4.74 Å². The third-order valence-corrected chi connectivity index (χ3v) is 3.29. The van der Waals surface area contributed by atoms with Gasteiger partial charge in [-0.05, 0) is 32.4 Å². The standard InChI is InChI=1S/C16H24N2O3/c1-5-18(6-2)15(19)14-11-9-8-10-13(14)12-17(4)16(20)21-7-3/h8-11H,5-7,12H2,1-4H3. The van der Waals surface area contributed by atoms with Crippen molar-refractivity contribution in [2.45, 2.75) is 27.3 Å². The fourth-order valence-corrected chi connectivity index (χ4v) is 2.10. The number of ether oxygens (including phenoxy) is 1. The fraction of sp³-hybridized carbons (Fsp3) is 0.500. The predicted octanol–water partition coefficient (Wildman–Crippen LogP) is 2.76. The highest BCUT2D eigenvalue weighted by Crippen LogP contribution is 2.14. The number of nitrogens with zero attached hydrogens (tertiary/aromatic N) is 2. The maximum Gasteiger partial charge on any atom is 0.409 e. The summed E-state index contributed by atoms with van der Waals surface area (Å²) in [4.78, 5) is 27.4. The van der Waals surface area contributed by atoms with Gasteiger partial charge in [0.2, 0.25) is 0 Å². The van der Waals surface area contributed by atoms with E-state index in [2.05, 4.69) is 0 Å². The lowest BCUT2D eigenvalue weighted by molar-refractivity contribution is 0.0769. The van der Waals surface area contributed by atoms with Gasteiger partial charge in [-0.2, -0.15) is 0 Å². The number of hydrogen-bond acceptors (Lipinski definition) is 3. The summed E-state index contributed by atoms with van der Waals surface area (Å²) in [7, 11) is 1.66. The van der Waals surface area contributed by atoms with Crippen LogP contribution in [0.15, 0.2) is 24.3 Å². The van der Waals surface area contributed by atoms with Crippen LogP contribution in [0.3, 0.4) is 0 Å². The monoisotopic (exact) mass is 292 g/mol. The first-order chi connectivity index (χ1) is 10.0. The van der Waals surface area contributed by atoms with Crippen LogP contribution in [-0.2, 0) is 11.3 Å². The Hall–Kier alpha value is -2.04. The van der Waals surface area contributed by atoms with Crippen LogP contribution in [0.4, 0.5) is 4.79 Å². The van der Waals surface area contributed by atoms with Gasteiger partial charge in [0, 0.05) is 32.2 Å². The molecule has 1 aromatic carbocycles. The summed E-state index contributed by atoms with van der Waals surface area (Å²) in [6.07, 6.45) is -0.386. The molecule has 5 nitrogen and oxygen atoms in total. The molecule has 0 aliphatic heterocycles. The van der Waals surface area contributed by atoms with Crippen molar-refractivity contribution in [2.75, 3.05) is 26.7 Å². The summed E-state index contributed by atoms with van der Waals surface area (Å²) in [6, 6.07) is 7.37. The molecule has 0 fully saturated rings. The summed E-state index contributed by atoms with van der Waals surface area (Å²) in [5.41, 5.74) is 1.46. The molecule has 1 aromatic rings. The number of carbonyl (C=O) groups is 2. The van der Waals surface area contributed by atoms with E-state index in [1.807, 2.05) is 32.0 Å². The molecule has 116 valence electrons. The van der Waals surface area contributed by atoms with E-state index >= 15 is 0 Å². The van der Waals surface area contributed by atoms with E-state index in [9.17, 15) is 9.59 Å². The van der Waals surface area contributed by atoms with Gasteiger partial charge in [0.25, 0.3) is 5.91 Å². The van der Waals surface area contributed by atoms with Crippen LogP contribution in [0.1, 0.15) is 36.7 Å². The predicted molar refractivity (Wildman–Crippen MR) is 82.2 cm³/mol. The van der Waals surface area contributed by atoms with Gasteiger partial charge in [-0.1, -0.05) is 18.2 Å². The minimum absolute atomic E-state index is 0.00661. The van der Waals surface area contributed by atoms with Gasteiger partial charge in [0.15, 0.2) is 0 Å². The summed E-state index contributed by atoms with van der Waals surface area (Å²) < 4.78 is 4.96. The molecule has 21 heavy (non-hydrogen) atoms. The second-order valence-corrected chi connectivity index (χ2v) is 4.69. The zero-order valence-electron chi connectivity index (χ0n) is 13.3. The lowest BCUT2D eigenvalue weighted by Gasteiger charge is -2.22. The molecule has 0 heterocycles. The number of benzene rings is 1. The average Bonchev–Trinajstić information content (AvgIpc) is 2.49. The lowest BCUT2D eigenvalue weighted by Crippen LogP contribution is -2.32. The van der Waals surface area contributed by atoms with Crippen molar-refractivity contribution in [1.82, 2.24) is 9.80 Å². The van der Waals surface area contributed by atoms with Crippen LogP contribution in [0.25, 0.3) is 0 Å². The molecule has 0 spiro atoms. The van der Waals surface area contributed by atoms with E-state index in [0.717, 1.165) is 5.56 Å². The second kappa shape index (κ2) is 8.29. The minimum atomic E-state index is -0.386. The molecule has 0 N–H and O–H groups in total. The average molecular weight is 292 g/mol. The Labute approximate surface area is 126 Å². The molecule has 0 atom stereocenters. The van der Waals surface area contributed by atoms with Crippen LogP contribution in [0.5, 0.6) is 0 Å². The first-order valence-corrected chi connectivity index (χ1v) is 7.30. The highest BCUT2D eigenvalue weighted by molar-refractivity contribution is 5.95. The van der Waals surface area contributed by atoms with Crippen LogP contribution in [0, 0.1) is 0 Å². The molecule has 5 heteroatoms. The van der Waals surface area contributed by atoms with Gasteiger partial charge in [-0.25, -0.2) is 4.79 Å². The quantitative estimate of drug-likeness (QED) is 0.810. The van der Waals surface area contributed by atoms with Crippen molar-refractivity contribution in [3.63, 3.8) is 0 Å². The highest BCUT2D eigenvalue weighted by atomic mass is 16.5. The number of carbonyl (C=O) groups excluding carboxylic acids is 2. The summed E-state index contributed by atoms with van der Waals surface area (Å²) in [5, 5.41) is 0. The normalized spacial score (nSPS) is 10.1. The Balaban J connectivity index is 2.94. The van der Waals surface area contributed by atoms with Crippen molar-refractivity contribution in [3.05, 3.63) is 35.4 Å². The van der Waals surface area contributed by atoms with Gasteiger partial charge >= 0.3 is 6.09 Å². The van der Waals surface area contributed by atoms with Gasteiger partial charge in [-0.15, -0.1) is 0 Å². The lowest BCUT2D eigenvalue weighted by atomic mass is 10.1. The van der Waals surface area contributed by atoms with E-state index in [1.54, 1.807) is 24.9 Å². The third kappa shape index (κ3) is 4.48. The Bertz CT molecular complexity index is 484. The molecule has 0 aromatic heterocycles. The molecule has 0 unspecified atom stereocenters. The maximum atomic E-state index is 12.5. The Morgan fingerprint density at radius 2 is 1.71 bits per heavy atom.